The highest BCUT2D eigenvalue weighted by atomic mass is 16.5. The van der Waals surface area contributed by atoms with Gasteiger partial charge in [0.05, 0.1) is 18.6 Å². The van der Waals surface area contributed by atoms with Gasteiger partial charge in [0.15, 0.2) is 0 Å². The Labute approximate surface area is 99.2 Å². The SMILES string of the molecule is CCCCCCCCOC(=O)CC(C)(C)O. The van der Waals surface area contributed by atoms with Gasteiger partial charge in [0, 0.05) is 0 Å². The summed E-state index contributed by atoms with van der Waals surface area (Å²) in [4.78, 5) is 11.2. The van der Waals surface area contributed by atoms with Crippen LogP contribution in [0, 0.1) is 0 Å². The number of aliphatic hydroxyl groups is 1. The lowest BCUT2D eigenvalue weighted by atomic mass is 10.1. The molecule has 0 saturated carbocycles. The molecule has 3 heteroatoms. The smallest absolute Gasteiger partial charge is 0.308 e. The van der Waals surface area contributed by atoms with E-state index in [1.807, 2.05) is 0 Å². The molecule has 3 nitrogen and oxygen atoms in total. The van der Waals surface area contributed by atoms with E-state index in [0.717, 1.165) is 12.8 Å². The van der Waals surface area contributed by atoms with Crippen LogP contribution in [0.15, 0.2) is 0 Å². The average molecular weight is 230 g/mol. The van der Waals surface area contributed by atoms with Gasteiger partial charge in [0.2, 0.25) is 0 Å². The largest absolute Gasteiger partial charge is 0.466 e. The number of ether oxygens (including phenoxy) is 1. The van der Waals surface area contributed by atoms with E-state index in [9.17, 15) is 9.90 Å². The number of hydrogen-bond donors (Lipinski definition) is 1. The molecule has 0 spiro atoms. The van der Waals surface area contributed by atoms with Crippen LogP contribution in [0.4, 0.5) is 0 Å². The predicted molar refractivity (Wildman–Crippen MR) is 65.2 cm³/mol. The number of carbonyl (C=O) groups is 1. The van der Waals surface area contributed by atoms with Crippen LogP contribution in [0.25, 0.3) is 0 Å². The summed E-state index contributed by atoms with van der Waals surface area (Å²) in [7, 11) is 0. The van der Waals surface area contributed by atoms with Gasteiger partial charge in [-0.15, -0.1) is 0 Å². The van der Waals surface area contributed by atoms with Gasteiger partial charge < -0.3 is 9.84 Å². The lowest BCUT2D eigenvalue weighted by Gasteiger charge is -2.15. The summed E-state index contributed by atoms with van der Waals surface area (Å²) in [5, 5.41) is 9.39. The molecule has 0 atom stereocenters. The first-order valence-corrected chi connectivity index (χ1v) is 6.33. The van der Waals surface area contributed by atoms with Crippen molar-refractivity contribution in [3.05, 3.63) is 0 Å². The van der Waals surface area contributed by atoms with Crippen LogP contribution in [-0.4, -0.2) is 23.3 Å². The van der Waals surface area contributed by atoms with E-state index >= 15 is 0 Å². The Morgan fingerprint density at radius 2 is 1.69 bits per heavy atom. The second-order valence-corrected chi connectivity index (χ2v) is 4.98. The van der Waals surface area contributed by atoms with E-state index in [4.69, 9.17) is 4.74 Å². The molecule has 0 heterocycles. The van der Waals surface area contributed by atoms with Crippen LogP contribution in [0.5, 0.6) is 0 Å². The lowest BCUT2D eigenvalue weighted by molar-refractivity contribution is -0.148. The minimum Gasteiger partial charge on any atom is -0.466 e. The van der Waals surface area contributed by atoms with Crippen molar-refractivity contribution < 1.29 is 14.6 Å². The molecule has 0 aromatic rings. The number of rotatable bonds is 9. The second-order valence-electron chi connectivity index (χ2n) is 4.98. The van der Waals surface area contributed by atoms with Crippen molar-refractivity contribution in [2.24, 2.45) is 0 Å². The third-order valence-electron chi connectivity index (χ3n) is 2.34. The van der Waals surface area contributed by atoms with Gasteiger partial charge in [-0.05, 0) is 20.3 Å². The highest BCUT2D eigenvalue weighted by molar-refractivity contribution is 5.70. The molecule has 0 bridgehead atoms. The first kappa shape index (κ1) is 15.4. The fraction of sp³-hybridized carbons (Fsp3) is 0.923. The van der Waals surface area contributed by atoms with Crippen molar-refractivity contribution in [1.29, 1.82) is 0 Å². The fourth-order valence-electron chi connectivity index (χ4n) is 1.47. The lowest BCUT2D eigenvalue weighted by Crippen LogP contribution is -2.24. The number of esters is 1. The summed E-state index contributed by atoms with van der Waals surface area (Å²) in [5.74, 6) is -0.305. The molecule has 0 fully saturated rings. The second kappa shape index (κ2) is 8.57. The Morgan fingerprint density at radius 1 is 1.12 bits per heavy atom. The molecule has 0 aromatic heterocycles. The van der Waals surface area contributed by atoms with Crippen molar-refractivity contribution in [1.82, 2.24) is 0 Å². The van der Waals surface area contributed by atoms with Gasteiger partial charge in [-0.25, -0.2) is 0 Å². The predicted octanol–water partition coefficient (Wildman–Crippen LogP) is 3.05. The van der Waals surface area contributed by atoms with Gasteiger partial charge in [-0.1, -0.05) is 39.0 Å². The van der Waals surface area contributed by atoms with Crippen molar-refractivity contribution in [2.45, 2.75) is 71.3 Å². The van der Waals surface area contributed by atoms with Crippen LogP contribution < -0.4 is 0 Å². The summed E-state index contributed by atoms with van der Waals surface area (Å²) in [5.41, 5.74) is -0.960. The maximum atomic E-state index is 11.2. The highest BCUT2D eigenvalue weighted by Crippen LogP contribution is 2.09. The van der Waals surface area contributed by atoms with E-state index in [2.05, 4.69) is 6.92 Å². The molecule has 0 aromatic carbocycles. The van der Waals surface area contributed by atoms with Crippen molar-refractivity contribution in [2.75, 3.05) is 6.61 Å². The Kier molecular flexibility index (Phi) is 8.26. The Morgan fingerprint density at radius 3 is 2.25 bits per heavy atom. The molecule has 1 N–H and O–H groups in total. The minimum atomic E-state index is -0.960. The topological polar surface area (TPSA) is 46.5 Å². The molecule has 0 aliphatic heterocycles. The van der Waals surface area contributed by atoms with Crippen molar-refractivity contribution >= 4 is 5.97 Å². The van der Waals surface area contributed by atoms with Gasteiger partial charge in [-0.3, -0.25) is 4.79 Å². The Hall–Kier alpha value is -0.570. The first-order chi connectivity index (χ1) is 7.45. The molecule has 16 heavy (non-hydrogen) atoms. The van der Waals surface area contributed by atoms with Crippen LogP contribution in [-0.2, 0) is 9.53 Å². The third kappa shape index (κ3) is 11.5. The van der Waals surface area contributed by atoms with E-state index in [1.54, 1.807) is 13.8 Å². The fourth-order valence-corrected chi connectivity index (χ4v) is 1.47. The maximum Gasteiger partial charge on any atom is 0.308 e. The summed E-state index contributed by atoms with van der Waals surface area (Å²) in [6, 6.07) is 0. The minimum absolute atomic E-state index is 0.0723. The average Bonchev–Trinajstić information content (AvgIpc) is 2.13. The van der Waals surface area contributed by atoms with Crippen LogP contribution in [0.2, 0.25) is 0 Å². The summed E-state index contributed by atoms with van der Waals surface area (Å²) >= 11 is 0. The molecule has 0 rings (SSSR count). The Balaban J connectivity index is 3.28. The molecular weight excluding hydrogens is 204 g/mol. The zero-order valence-corrected chi connectivity index (χ0v) is 10.9. The Bertz CT molecular complexity index is 182. The zero-order valence-electron chi connectivity index (χ0n) is 10.9. The van der Waals surface area contributed by atoms with E-state index in [-0.39, 0.29) is 12.4 Å². The molecule has 0 amide bonds. The summed E-state index contributed by atoms with van der Waals surface area (Å²) in [6.45, 7) is 5.90. The summed E-state index contributed by atoms with van der Waals surface area (Å²) < 4.78 is 5.03. The third-order valence-corrected chi connectivity index (χ3v) is 2.34. The monoisotopic (exact) mass is 230 g/mol. The normalized spacial score (nSPS) is 11.5. The van der Waals surface area contributed by atoms with Gasteiger partial charge >= 0.3 is 5.97 Å². The first-order valence-electron chi connectivity index (χ1n) is 6.33. The molecule has 0 aliphatic rings. The van der Waals surface area contributed by atoms with E-state index in [0.29, 0.717) is 6.61 Å². The van der Waals surface area contributed by atoms with Crippen LogP contribution >= 0.6 is 0 Å². The number of hydrogen-bond acceptors (Lipinski definition) is 3. The molecule has 0 saturated heterocycles. The van der Waals surface area contributed by atoms with Gasteiger partial charge in [0.1, 0.15) is 0 Å². The summed E-state index contributed by atoms with van der Waals surface area (Å²) in [6.07, 6.45) is 7.16. The van der Waals surface area contributed by atoms with Crippen LogP contribution in [0.1, 0.15) is 65.7 Å². The number of unbranched alkanes of at least 4 members (excludes halogenated alkanes) is 5. The zero-order chi connectivity index (χ0) is 12.4. The quantitative estimate of drug-likeness (QED) is 0.489. The molecular formula is C13H26O3. The highest BCUT2D eigenvalue weighted by Gasteiger charge is 2.18. The van der Waals surface area contributed by atoms with Crippen molar-refractivity contribution in [3.8, 4) is 0 Å². The molecule has 96 valence electrons. The van der Waals surface area contributed by atoms with E-state index in [1.165, 1.54) is 25.7 Å². The van der Waals surface area contributed by atoms with E-state index < -0.39 is 5.60 Å². The van der Waals surface area contributed by atoms with Crippen LogP contribution in [0.3, 0.4) is 0 Å². The van der Waals surface area contributed by atoms with Gasteiger partial charge in [0.25, 0.3) is 0 Å². The maximum absolute atomic E-state index is 11.2. The molecule has 0 radical (unpaired) electrons. The van der Waals surface area contributed by atoms with Gasteiger partial charge in [-0.2, -0.15) is 0 Å². The van der Waals surface area contributed by atoms with Crippen molar-refractivity contribution in [3.63, 3.8) is 0 Å². The number of carbonyl (C=O) groups excluding carboxylic acids is 1. The standard InChI is InChI=1S/C13H26O3/c1-4-5-6-7-8-9-10-16-12(14)11-13(2,3)15/h15H,4-11H2,1-3H3. The molecule has 0 unspecified atom stereocenters. The molecule has 0 aliphatic carbocycles.